The molecule has 1 aromatic heterocycles. The van der Waals surface area contributed by atoms with Crippen LogP contribution in [-0.2, 0) is 30.3 Å². The lowest BCUT2D eigenvalue weighted by atomic mass is 10.0. The molecule has 0 radical (unpaired) electrons. The molecule has 51 heavy (non-hydrogen) atoms. The summed E-state index contributed by atoms with van der Waals surface area (Å²) < 4.78 is 41.2. The van der Waals surface area contributed by atoms with Crippen LogP contribution in [0.1, 0.15) is 81.1 Å². The third-order valence-corrected chi connectivity index (χ3v) is 9.03. The molecular weight excluding hydrogens is 664 g/mol. The summed E-state index contributed by atoms with van der Waals surface area (Å²) in [5, 5.41) is 5.56. The van der Waals surface area contributed by atoms with E-state index in [2.05, 4.69) is 15.6 Å². The second-order valence-electron chi connectivity index (χ2n) is 13.6. The number of amides is 4. The van der Waals surface area contributed by atoms with Crippen molar-refractivity contribution in [3.8, 4) is 5.75 Å². The maximum Gasteiger partial charge on any atom is 0.344 e. The van der Waals surface area contributed by atoms with E-state index in [1.807, 2.05) is 13.8 Å². The summed E-state index contributed by atoms with van der Waals surface area (Å²) in [6.07, 6.45) is 7.25. The Labute approximate surface area is 297 Å². The molecule has 0 unspecified atom stereocenters. The SMILES string of the molecule is CC(C)C[C@H]1NC(=O)c2ccccc2OCC(=O)OCCCCCCCCNC(=O)[C@H](Cc2cccnc2)N(C)C(=O)[C@H]2CC(F)(F)CN2C1=O. The molecule has 2 aromatic rings. The van der Waals surface area contributed by atoms with Gasteiger partial charge in [-0.15, -0.1) is 0 Å². The number of fused-ring (bicyclic) bond motifs is 2. The largest absolute Gasteiger partial charge is 0.481 e. The van der Waals surface area contributed by atoms with Crippen molar-refractivity contribution in [1.29, 1.82) is 0 Å². The smallest absolute Gasteiger partial charge is 0.344 e. The molecule has 1 fully saturated rings. The zero-order valence-electron chi connectivity index (χ0n) is 29.6. The highest BCUT2D eigenvalue weighted by molar-refractivity contribution is 6.00. The van der Waals surface area contributed by atoms with E-state index < -0.39 is 73.2 Å². The molecule has 0 bridgehead atoms. The van der Waals surface area contributed by atoms with Crippen LogP contribution < -0.4 is 15.4 Å². The Hall–Kier alpha value is -4.62. The third-order valence-electron chi connectivity index (χ3n) is 9.03. The van der Waals surface area contributed by atoms with E-state index in [0.29, 0.717) is 24.9 Å². The summed E-state index contributed by atoms with van der Waals surface area (Å²) in [5.41, 5.74) is 0.696. The van der Waals surface area contributed by atoms with Crippen molar-refractivity contribution in [3.05, 3.63) is 59.9 Å². The lowest BCUT2D eigenvalue weighted by Gasteiger charge is -2.34. The van der Waals surface area contributed by atoms with Gasteiger partial charge in [0.25, 0.3) is 11.8 Å². The minimum Gasteiger partial charge on any atom is -0.481 e. The van der Waals surface area contributed by atoms with Crippen LogP contribution in [0, 0.1) is 5.92 Å². The van der Waals surface area contributed by atoms with Crippen LogP contribution in [0.25, 0.3) is 0 Å². The van der Waals surface area contributed by atoms with Gasteiger partial charge in [0.05, 0.1) is 18.7 Å². The molecule has 278 valence electrons. The summed E-state index contributed by atoms with van der Waals surface area (Å²) in [5.74, 6) is -6.88. The molecule has 0 aliphatic carbocycles. The van der Waals surface area contributed by atoms with E-state index in [4.69, 9.17) is 9.47 Å². The van der Waals surface area contributed by atoms with Crippen LogP contribution >= 0.6 is 0 Å². The normalized spacial score (nSPS) is 23.6. The topological polar surface area (TPSA) is 147 Å². The van der Waals surface area contributed by atoms with Gasteiger partial charge in [0.2, 0.25) is 17.7 Å². The zero-order chi connectivity index (χ0) is 37.0. The first kappa shape index (κ1) is 39.2. The number of nitrogens with zero attached hydrogens (tertiary/aromatic N) is 3. The van der Waals surface area contributed by atoms with Gasteiger partial charge in [-0.25, -0.2) is 13.6 Å². The Morgan fingerprint density at radius 1 is 0.941 bits per heavy atom. The lowest BCUT2D eigenvalue weighted by molar-refractivity contribution is -0.147. The maximum absolute atomic E-state index is 15.1. The molecule has 0 saturated carbocycles. The number of hydrogen-bond acceptors (Lipinski definition) is 8. The van der Waals surface area contributed by atoms with Crippen molar-refractivity contribution >= 4 is 29.6 Å². The maximum atomic E-state index is 15.1. The number of aromatic nitrogens is 1. The standard InChI is InChI=1S/C37H49F2N5O7/c1-25(2)19-28-35(48)44-24-37(38,39)21-30(44)36(49)43(3)29(20-26-13-12-16-40-22-26)34(47)41-17-10-6-4-5-7-11-18-50-32(45)23-51-31-15-9-8-14-27(31)33(46)42-28/h8-9,12-16,22,25,28-30H,4-7,10-11,17-21,23-24H2,1-3H3,(H,41,47)(H,42,46)/t28-,29+,30-/m1/s1. The van der Waals surface area contributed by atoms with E-state index in [0.717, 1.165) is 35.5 Å². The molecule has 2 aliphatic heterocycles. The highest BCUT2D eigenvalue weighted by Gasteiger charge is 2.52. The van der Waals surface area contributed by atoms with Crippen molar-refractivity contribution < 1.29 is 42.2 Å². The summed E-state index contributed by atoms with van der Waals surface area (Å²) in [7, 11) is 1.38. The summed E-state index contributed by atoms with van der Waals surface area (Å²) in [6.45, 7) is 2.74. The highest BCUT2D eigenvalue weighted by Crippen LogP contribution is 2.34. The van der Waals surface area contributed by atoms with Gasteiger partial charge in [0.15, 0.2) is 6.61 Å². The molecule has 4 amide bonds. The zero-order valence-corrected chi connectivity index (χ0v) is 29.6. The molecule has 0 spiro atoms. The fourth-order valence-corrected chi connectivity index (χ4v) is 6.34. The lowest BCUT2D eigenvalue weighted by Crippen LogP contribution is -2.57. The van der Waals surface area contributed by atoms with E-state index in [1.165, 1.54) is 19.2 Å². The summed E-state index contributed by atoms with van der Waals surface area (Å²) in [6, 6.07) is 5.70. The monoisotopic (exact) mass is 713 g/mol. The van der Waals surface area contributed by atoms with Crippen molar-refractivity contribution in [2.24, 2.45) is 5.92 Å². The van der Waals surface area contributed by atoms with E-state index >= 15 is 8.78 Å². The Morgan fingerprint density at radius 3 is 2.39 bits per heavy atom. The number of benzene rings is 1. The van der Waals surface area contributed by atoms with Gasteiger partial charge in [-0.2, -0.15) is 0 Å². The Balaban J connectivity index is 1.64. The third kappa shape index (κ3) is 11.4. The van der Waals surface area contributed by atoms with Crippen LogP contribution in [0.3, 0.4) is 0 Å². The number of rotatable bonds is 4. The van der Waals surface area contributed by atoms with Crippen molar-refractivity contribution in [1.82, 2.24) is 25.4 Å². The molecule has 2 aliphatic rings. The number of para-hydroxylation sites is 1. The number of likely N-dealkylation sites (N-methyl/N-ethyl adjacent to an activating group) is 1. The predicted octanol–water partition coefficient (Wildman–Crippen LogP) is 3.92. The number of halogens is 2. The van der Waals surface area contributed by atoms with Gasteiger partial charge in [-0.3, -0.25) is 24.2 Å². The van der Waals surface area contributed by atoms with Gasteiger partial charge < -0.3 is 29.9 Å². The molecular formula is C37H49F2N5O7. The minimum absolute atomic E-state index is 0.0285. The Bertz CT molecular complexity index is 1510. The predicted molar refractivity (Wildman–Crippen MR) is 184 cm³/mol. The van der Waals surface area contributed by atoms with Crippen molar-refractivity contribution in [3.63, 3.8) is 0 Å². The average Bonchev–Trinajstić information content (AvgIpc) is 3.44. The fourth-order valence-electron chi connectivity index (χ4n) is 6.34. The van der Waals surface area contributed by atoms with Gasteiger partial charge >= 0.3 is 5.97 Å². The number of carbonyl (C=O) groups excluding carboxylic acids is 5. The summed E-state index contributed by atoms with van der Waals surface area (Å²) in [4.78, 5) is 73.8. The molecule has 3 heterocycles. The number of ether oxygens (including phenoxy) is 2. The second-order valence-corrected chi connectivity index (χ2v) is 13.6. The molecule has 3 atom stereocenters. The Kier molecular flexibility index (Phi) is 14.3. The minimum atomic E-state index is -3.39. The van der Waals surface area contributed by atoms with Crippen LogP contribution in [0.2, 0.25) is 0 Å². The number of carbonyl (C=O) groups is 5. The number of alkyl halides is 2. The summed E-state index contributed by atoms with van der Waals surface area (Å²) >= 11 is 0. The molecule has 14 heteroatoms. The van der Waals surface area contributed by atoms with Crippen LogP contribution in [-0.4, -0.2) is 102 Å². The van der Waals surface area contributed by atoms with E-state index in [1.54, 1.807) is 36.7 Å². The first-order valence-electron chi connectivity index (χ1n) is 17.7. The van der Waals surface area contributed by atoms with Crippen molar-refractivity contribution in [2.75, 3.05) is 33.4 Å². The van der Waals surface area contributed by atoms with Crippen LogP contribution in [0.4, 0.5) is 8.78 Å². The van der Waals surface area contributed by atoms with E-state index in [-0.39, 0.29) is 36.7 Å². The molecule has 2 N–H and O–H groups in total. The number of esters is 1. The van der Waals surface area contributed by atoms with Gasteiger partial charge in [0.1, 0.15) is 23.9 Å². The number of nitrogens with one attached hydrogen (secondary N) is 2. The van der Waals surface area contributed by atoms with Crippen LogP contribution in [0.5, 0.6) is 5.75 Å². The number of hydrogen-bond donors (Lipinski definition) is 2. The number of pyridine rings is 1. The van der Waals surface area contributed by atoms with Gasteiger partial charge in [0, 0.05) is 38.8 Å². The molecule has 12 nitrogen and oxygen atoms in total. The number of cyclic esters (lactones) is 1. The Morgan fingerprint density at radius 2 is 1.67 bits per heavy atom. The average molecular weight is 714 g/mol. The van der Waals surface area contributed by atoms with Crippen LogP contribution in [0.15, 0.2) is 48.8 Å². The van der Waals surface area contributed by atoms with Gasteiger partial charge in [-0.05, 0) is 48.9 Å². The van der Waals surface area contributed by atoms with Gasteiger partial charge in [-0.1, -0.05) is 57.7 Å². The first-order valence-corrected chi connectivity index (χ1v) is 17.7. The first-order chi connectivity index (χ1) is 24.4. The highest BCUT2D eigenvalue weighted by atomic mass is 19.3. The molecule has 1 saturated heterocycles. The fraction of sp³-hybridized carbons (Fsp3) is 0.568. The second kappa shape index (κ2) is 18.6. The molecule has 1 aromatic carbocycles. The quantitative estimate of drug-likeness (QED) is 0.454. The molecule has 4 rings (SSSR count). The van der Waals surface area contributed by atoms with E-state index in [9.17, 15) is 24.0 Å². The van der Waals surface area contributed by atoms with Crippen molar-refractivity contribution in [2.45, 2.75) is 95.7 Å².